The van der Waals surface area contributed by atoms with Crippen molar-refractivity contribution >= 4 is 11.9 Å². The molecule has 1 aromatic rings. The van der Waals surface area contributed by atoms with Crippen LogP contribution in [0.15, 0.2) is 18.2 Å². The number of amides is 1. The molecule has 0 aliphatic carbocycles. The van der Waals surface area contributed by atoms with Crippen LogP contribution in [-0.4, -0.2) is 56.6 Å². The number of esters is 1. The van der Waals surface area contributed by atoms with E-state index in [1.54, 1.807) is 23.1 Å². The fraction of sp³-hybridized carbons (Fsp3) is 0.375. The summed E-state index contributed by atoms with van der Waals surface area (Å²) in [5.74, 6) is 4.99. The average molecular weight is 301 g/mol. The highest BCUT2D eigenvalue weighted by atomic mass is 16.5. The van der Waals surface area contributed by atoms with Crippen LogP contribution < -0.4 is 11.1 Å². The maximum atomic E-state index is 12.5. The van der Waals surface area contributed by atoms with Gasteiger partial charge in [0.15, 0.2) is 0 Å². The monoisotopic (exact) mass is 301 g/mol. The van der Waals surface area contributed by atoms with Crippen LogP contribution in [0.2, 0.25) is 0 Å². The number of nitrogens with two attached hydrogens (primary N) is 1. The number of carbonyl (C=O) groups excluding carboxylic acids is 2. The lowest BCUT2D eigenvalue weighted by atomic mass is 10.0. The Kier molecular flexibility index (Phi) is 5.53. The normalized spacial score (nSPS) is 14.0. The summed E-state index contributed by atoms with van der Waals surface area (Å²) < 4.78 is 4.73. The molecule has 1 amide bonds. The van der Waals surface area contributed by atoms with Crippen LogP contribution >= 0.6 is 0 Å². The van der Waals surface area contributed by atoms with E-state index >= 15 is 0 Å². The van der Waals surface area contributed by atoms with E-state index in [1.807, 2.05) is 0 Å². The van der Waals surface area contributed by atoms with Gasteiger partial charge in [-0.05, 0) is 18.2 Å². The predicted molar refractivity (Wildman–Crippen MR) is 82.5 cm³/mol. The van der Waals surface area contributed by atoms with E-state index in [0.717, 1.165) is 13.1 Å². The van der Waals surface area contributed by atoms with Crippen molar-refractivity contribution in [3.05, 3.63) is 34.9 Å². The molecule has 6 heteroatoms. The molecular formula is C16H19N3O3. The van der Waals surface area contributed by atoms with Crippen molar-refractivity contribution in [2.45, 2.75) is 0 Å². The quantitative estimate of drug-likeness (QED) is 0.585. The van der Waals surface area contributed by atoms with E-state index in [-0.39, 0.29) is 12.5 Å². The zero-order chi connectivity index (χ0) is 15.9. The smallest absolute Gasteiger partial charge is 0.339 e. The van der Waals surface area contributed by atoms with E-state index in [9.17, 15) is 9.59 Å². The van der Waals surface area contributed by atoms with E-state index < -0.39 is 5.97 Å². The van der Waals surface area contributed by atoms with Gasteiger partial charge in [-0.25, -0.2) is 4.79 Å². The lowest BCUT2D eigenvalue weighted by Crippen LogP contribution is -2.46. The third-order valence-electron chi connectivity index (χ3n) is 3.40. The minimum Gasteiger partial charge on any atom is -0.465 e. The number of nitrogens with one attached hydrogen (secondary N) is 1. The van der Waals surface area contributed by atoms with Crippen molar-refractivity contribution < 1.29 is 14.3 Å². The summed E-state index contributed by atoms with van der Waals surface area (Å²) >= 11 is 0. The van der Waals surface area contributed by atoms with Crippen LogP contribution in [0.5, 0.6) is 0 Å². The summed E-state index contributed by atoms with van der Waals surface area (Å²) in [6, 6.07) is 4.82. The first-order chi connectivity index (χ1) is 10.7. The van der Waals surface area contributed by atoms with Gasteiger partial charge in [0, 0.05) is 37.3 Å². The van der Waals surface area contributed by atoms with Gasteiger partial charge >= 0.3 is 5.97 Å². The summed E-state index contributed by atoms with van der Waals surface area (Å²) in [6.45, 7) is 3.08. The molecule has 0 saturated carbocycles. The molecule has 0 atom stereocenters. The Morgan fingerprint density at radius 2 is 2.09 bits per heavy atom. The van der Waals surface area contributed by atoms with Crippen LogP contribution in [0.3, 0.4) is 0 Å². The van der Waals surface area contributed by atoms with E-state index in [2.05, 4.69) is 17.2 Å². The van der Waals surface area contributed by atoms with Crippen LogP contribution in [-0.2, 0) is 4.74 Å². The molecule has 1 saturated heterocycles. The molecule has 0 aromatic heterocycles. The average Bonchev–Trinajstić information content (AvgIpc) is 2.59. The molecule has 1 fully saturated rings. The molecule has 0 bridgehead atoms. The van der Waals surface area contributed by atoms with E-state index in [4.69, 9.17) is 10.5 Å². The highest BCUT2D eigenvalue weighted by Gasteiger charge is 2.20. The number of ether oxygens (including phenoxy) is 1. The van der Waals surface area contributed by atoms with Gasteiger partial charge in [0.1, 0.15) is 0 Å². The molecule has 1 heterocycles. The summed E-state index contributed by atoms with van der Waals surface area (Å²) in [6.07, 6.45) is 0. The molecule has 22 heavy (non-hydrogen) atoms. The molecule has 116 valence electrons. The second-order valence-corrected chi connectivity index (χ2v) is 4.80. The predicted octanol–water partition coefficient (Wildman–Crippen LogP) is -0.171. The van der Waals surface area contributed by atoms with Crippen LogP contribution in [0, 0.1) is 11.8 Å². The van der Waals surface area contributed by atoms with Crippen molar-refractivity contribution in [2.24, 2.45) is 5.73 Å². The van der Waals surface area contributed by atoms with Gasteiger partial charge in [-0.1, -0.05) is 11.8 Å². The van der Waals surface area contributed by atoms with Gasteiger partial charge in [0.25, 0.3) is 5.91 Å². The summed E-state index contributed by atoms with van der Waals surface area (Å²) in [7, 11) is 1.31. The SMILES string of the molecule is COC(=O)c1ccc(C(=O)N2CCNCC2)cc1C#CCN. The Morgan fingerprint density at radius 3 is 2.73 bits per heavy atom. The minimum atomic E-state index is -0.484. The summed E-state index contributed by atoms with van der Waals surface area (Å²) in [5.41, 5.74) is 6.68. The van der Waals surface area contributed by atoms with Crippen LogP contribution in [0.1, 0.15) is 26.3 Å². The molecule has 6 nitrogen and oxygen atoms in total. The van der Waals surface area contributed by atoms with Gasteiger partial charge in [-0.15, -0.1) is 0 Å². The number of rotatable bonds is 2. The lowest BCUT2D eigenvalue weighted by molar-refractivity contribution is 0.0599. The van der Waals surface area contributed by atoms with E-state index in [0.29, 0.717) is 29.8 Å². The molecule has 0 unspecified atom stereocenters. The maximum Gasteiger partial charge on any atom is 0.339 e. The summed E-state index contributed by atoms with van der Waals surface area (Å²) in [5, 5.41) is 3.20. The Morgan fingerprint density at radius 1 is 1.36 bits per heavy atom. The fourth-order valence-electron chi connectivity index (χ4n) is 2.27. The van der Waals surface area contributed by atoms with Gasteiger partial charge < -0.3 is 20.7 Å². The molecule has 0 radical (unpaired) electrons. The summed E-state index contributed by atoms with van der Waals surface area (Å²) in [4.78, 5) is 26.0. The Hall–Kier alpha value is -2.36. The largest absolute Gasteiger partial charge is 0.465 e. The van der Waals surface area contributed by atoms with Crippen molar-refractivity contribution in [3.63, 3.8) is 0 Å². The van der Waals surface area contributed by atoms with Crippen molar-refractivity contribution in [2.75, 3.05) is 39.8 Å². The van der Waals surface area contributed by atoms with Crippen LogP contribution in [0.4, 0.5) is 0 Å². The minimum absolute atomic E-state index is 0.0614. The van der Waals surface area contributed by atoms with Crippen molar-refractivity contribution in [1.82, 2.24) is 10.2 Å². The number of hydrogen-bond acceptors (Lipinski definition) is 5. The van der Waals surface area contributed by atoms with Crippen LogP contribution in [0.25, 0.3) is 0 Å². The first-order valence-electron chi connectivity index (χ1n) is 7.08. The second kappa shape index (κ2) is 7.59. The van der Waals surface area contributed by atoms with Crippen molar-refractivity contribution in [3.8, 4) is 11.8 Å². The third-order valence-corrected chi connectivity index (χ3v) is 3.40. The standard InChI is InChI=1S/C16H19N3O3/c1-22-16(21)14-5-4-13(11-12(14)3-2-6-17)15(20)19-9-7-18-8-10-19/h4-5,11,18H,6-10,17H2,1H3. The number of nitrogens with zero attached hydrogens (tertiary/aromatic N) is 1. The van der Waals surface area contributed by atoms with Gasteiger partial charge in [0.2, 0.25) is 0 Å². The molecule has 1 aromatic carbocycles. The highest BCUT2D eigenvalue weighted by Crippen LogP contribution is 2.15. The maximum absolute atomic E-state index is 12.5. The Bertz CT molecular complexity index is 625. The van der Waals surface area contributed by atoms with Gasteiger partial charge in [0.05, 0.1) is 19.2 Å². The third kappa shape index (κ3) is 3.64. The zero-order valence-corrected chi connectivity index (χ0v) is 12.5. The second-order valence-electron chi connectivity index (χ2n) is 4.80. The number of piperazine rings is 1. The first kappa shape index (κ1) is 16.0. The highest BCUT2D eigenvalue weighted by molar-refractivity contribution is 5.98. The number of hydrogen-bond donors (Lipinski definition) is 2. The molecular weight excluding hydrogens is 282 g/mol. The molecule has 2 rings (SSSR count). The van der Waals surface area contributed by atoms with Crippen molar-refractivity contribution in [1.29, 1.82) is 0 Å². The first-order valence-corrected chi connectivity index (χ1v) is 7.08. The number of benzene rings is 1. The topological polar surface area (TPSA) is 84.7 Å². The molecule has 3 N–H and O–H groups in total. The Labute approximate surface area is 129 Å². The van der Waals surface area contributed by atoms with Gasteiger partial charge in [-0.3, -0.25) is 4.79 Å². The van der Waals surface area contributed by atoms with E-state index in [1.165, 1.54) is 7.11 Å². The Balaban J connectivity index is 2.33. The fourth-order valence-corrected chi connectivity index (χ4v) is 2.27. The molecule has 1 aliphatic rings. The van der Waals surface area contributed by atoms with Gasteiger partial charge in [-0.2, -0.15) is 0 Å². The zero-order valence-electron chi connectivity index (χ0n) is 12.5. The lowest BCUT2D eigenvalue weighted by Gasteiger charge is -2.27. The number of carbonyl (C=O) groups is 2. The molecule has 0 spiro atoms. The molecule has 1 aliphatic heterocycles. The number of methoxy groups -OCH3 is 1.